The van der Waals surface area contributed by atoms with Gasteiger partial charge >= 0.3 is 0 Å². The van der Waals surface area contributed by atoms with Crippen LogP contribution in [-0.4, -0.2) is 38.1 Å². The van der Waals surface area contributed by atoms with Gasteiger partial charge in [0.05, 0.1) is 0 Å². The first-order chi connectivity index (χ1) is 18.0. The lowest BCUT2D eigenvalue weighted by Crippen LogP contribution is -2.47. The van der Waals surface area contributed by atoms with Gasteiger partial charge in [-0.2, -0.15) is 4.80 Å². The van der Waals surface area contributed by atoms with Gasteiger partial charge in [0.25, 0.3) is 5.91 Å². The highest BCUT2D eigenvalue weighted by molar-refractivity contribution is 7.10. The number of aromatic nitrogens is 4. The summed E-state index contributed by atoms with van der Waals surface area (Å²) in [5.41, 5.74) is 0.910. The van der Waals surface area contributed by atoms with Crippen molar-refractivity contribution in [3.8, 4) is 11.4 Å². The molecule has 0 saturated heterocycles. The van der Waals surface area contributed by atoms with Crippen molar-refractivity contribution in [1.29, 1.82) is 0 Å². The molecule has 1 aliphatic rings. The summed E-state index contributed by atoms with van der Waals surface area (Å²) in [6, 6.07) is 13.7. The Morgan fingerprint density at radius 2 is 1.70 bits per heavy atom. The van der Waals surface area contributed by atoms with Crippen LogP contribution in [0, 0.1) is 11.6 Å². The fourth-order valence-electron chi connectivity index (χ4n) is 4.43. The Bertz CT molecular complexity index is 1350. The molecule has 1 aliphatic carbocycles. The molecule has 0 bridgehead atoms. The first-order valence-corrected chi connectivity index (χ1v) is 12.8. The van der Waals surface area contributed by atoms with Crippen LogP contribution in [0.2, 0.25) is 0 Å². The second-order valence-electron chi connectivity index (χ2n) is 8.80. The third-order valence-electron chi connectivity index (χ3n) is 6.23. The van der Waals surface area contributed by atoms with Gasteiger partial charge in [0.1, 0.15) is 24.2 Å². The van der Waals surface area contributed by atoms with E-state index < -0.39 is 23.6 Å². The molecule has 37 heavy (non-hydrogen) atoms. The summed E-state index contributed by atoms with van der Waals surface area (Å²) < 4.78 is 27.0. The fraction of sp³-hybridized carbons (Fsp3) is 0.269. The molecule has 2 heterocycles. The second-order valence-corrected chi connectivity index (χ2v) is 9.78. The van der Waals surface area contributed by atoms with E-state index in [9.17, 15) is 18.4 Å². The number of benzene rings is 2. The topological polar surface area (TPSA) is 93.0 Å². The molecule has 2 aromatic heterocycles. The van der Waals surface area contributed by atoms with E-state index in [1.165, 1.54) is 64.8 Å². The molecule has 0 aliphatic heterocycles. The van der Waals surface area contributed by atoms with Crippen molar-refractivity contribution in [2.75, 3.05) is 4.90 Å². The van der Waals surface area contributed by atoms with Crippen LogP contribution < -0.4 is 10.2 Å². The molecule has 11 heteroatoms. The maximum Gasteiger partial charge on any atom is 0.251 e. The third kappa shape index (κ3) is 5.72. The molecule has 5 rings (SSSR count). The quantitative estimate of drug-likeness (QED) is 0.368. The average Bonchev–Trinajstić information content (AvgIpc) is 3.67. The number of nitrogens with one attached hydrogen (secondary N) is 1. The molecule has 1 fully saturated rings. The van der Waals surface area contributed by atoms with Crippen LogP contribution in [0.4, 0.5) is 14.5 Å². The average molecular weight is 523 g/mol. The van der Waals surface area contributed by atoms with Gasteiger partial charge in [-0.15, -0.1) is 21.5 Å². The number of tetrazole rings is 1. The van der Waals surface area contributed by atoms with Crippen LogP contribution in [0.3, 0.4) is 0 Å². The lowest BCUT2D eigenvalue weighted by Gasteiger charge is -2.31. The van der Waals surface area contributed by atoms with E-state index in [0.29, 0.717) is 16.1 Å². The van der Waals surface area contributed by atoms with Crippen molar-refractivity contribution < 1.29 is 18.4 Å². The molecule has 0 radical (unpaired) electrons. The highest BCUT2D eigenvalue weighted by Crippen LogP contribution is 2.32. The second kappa shape index (κ2) is 11.0. The van der Waals surface area contributed by atoms with E-state index in [1.807, 2.05) is 11.4 Å². The lowest BCUT2D eigenvalue weighted by atomic mass is 10.1. The molecule has 0 spiro atoms. The van der Waals surface area contributed by atoms with Crippen LogP contribution >= 0.6 is 11.3 Å². The Hall–Kier alpha value is -3.99. The molecule has 0 unspecified atom stereocenters. The minimum atomic E-state index is -0.960. The molecule has 1 N–H and O–H groups in total. The smallest absolute Gasteiger partial charge is 0.251 e. The normalized spacial score (nSPS) is 14.4. The number of carbonyl (C=O) groups is 2. The van der Waals surface area contributed by atoms with E-state index in [4.69, 9.17) is 0 Å². The van der Waals surface area contributed by atoms with Crippen LogP contribution in [0.1, 0.15) is 36.6 Å². The van der Waals surface area contributed by atoms with Crippen LogP contribution in [0.5, 0.6) is 0 Å². The zero-order chi connectivity index (χ0) is 25.8. The van der Waals surface area contributed by atoms with Gasteiger partial charge in [-0.1, -0.05) is 18.9 Å². The molecule has 2 amide bonds. The fourth-order valence-corrected chi connectivity index (χ4v) is 5.24. The molecule has 2 aromatic carbocycles. The summed E-state index contributed by atoms with van der Waals surface area (Å²) in [5, 5.41) is 17.1. The molecule has 1 saturated carbocycles. The summed E-state index contributed by atoms with van der Waals surface area (Å²) in [6.45, 7) is -0.315. The Morgan fingerprint density at radius 1 is 1.03 bits per heavy atom. The zero-order valence-electron chi connectivity index (χ0n) is 19.8. The Balaban J connectivity index is 1.46. The van der Waals surface area contributed by atoms with Gasteiger partial charge in [-0.25, -0.2) is 8.78 Å². The highest BCUT2D eigenvalue weighted by Gasteiger charge is 2.35. The number of anilines is 1. The van der Waals surface area contributed by atoms with Gasteiger partial charge in [0.2, 0.25) is 11.7 Å². The standard InChI is InChI=1S/C26H24F2N6O2S/c27-18-9-7-17(8-10-18)25-30-32-33(31-25)16-23(35)34(21-13-11-19(28)12-14-21)24(22-6-3-15-37-22)26(36)29-20-4-1-2-5-20/h3,6-15,20,24H,1-2,4-5,16H2,(H,29,36)/t24-/m0/s1. The summed E-state index contributed by atoms with van der Waals surface area (Å²) in [4.78, 5) is 30.5. The number of carbonyl (C=O) groups excluding carboxylic acids is 2. The summed E-state index contributed by atoms with van der Waals surface area (Å²) in [5.74, 6) is -1.40. The van der Waals surface area contributed by atoms with Gasteiger partial charge in [0.15, 0.2) is 0 Å². The van der Waals surface area contributed by atoms with Crippen molar-refractivity contribution in [1.82, 2.24) is 25.5 Å². The maximum atomic E-state index is 13.8. The number of thiophene rings is 1. The van der Waals surface area contributed by atoms with Crippen molar-refractivity contribution in [3.05, 3.63) is 82.6 Å². The molecule has 8 nitrogen and oxygen atoms in total. The molecular formula is C26H24F2N6O2S. The maximum absolute atomic E-state index is 13.8. The van der Waals surface area contributed by atoms with Gasteiger partial charge in [-0.3, -0.25) is 14.5 Å². The number of rotatable bonds is 8. The minimum Gasteiger partial charge on any atom is -0.351 e. The largest absolute Gasteiger partial charge is 0.351 e. The molecule has 1 atom stereocenters. The Kier molecular flexibility index (Phi) is 7.31. The van der Waals surface area contributed by atoms with Crippen LogP contribution in [-0.2, 0) is 16.1 Å². The van der Waals surface area contributed by atoms with Crippen molar-refractivity contribution in [2.45, 2.75) is 44.3 Å². The molecular weight excluding hydrogens is 498 g/mol. The number of halogens is 2. The van der Waals surface area contributed by atoms with Crippen molar-refractivity contribution >= 4 is 28.8 Å². The number of hydrogen-bond donors (Lipinski definition) is 1. The van der Waals surface area contributed by atoms with Crippen LogP contribution in [0.15, 0.2) is 66.0 Å². The predicted molar refractivity (Wildman–Crippen MR) is 135 cm³/mol. The lowest BCUT2D eigenvalue weighted by molar-refractivity contribution is -0.127. The predicted octanol–water partition coefficient (Wildman–Crippen LogP) is 4.51. The highest BCUT2D eigenvalue weighted by atomic mass is 32.1. The Labute approximate surface area is 215 Å². The van der Waals surface area contributed by atoms with Crippen molar-refractivity contribution in [3.63, 3.8) is 0 Å². The number of nitrogens with zero attached hydrogens (tertiary/aromatic N) is 5. The first-order valence-electron chi connectivity index (χ1n) is 11.9. The summed E-state index contributed by atoms with van der Waals surface area (Å²) in [6.07, 6.45) is 3.87. The third-order valence-corrected chi connectivity index (χ3v) is 7.15. The first kappa shape index (κ1) is 24.7. The van der Waals surface area contributed by atoms with E-state index in [-0.39, 0.29) is 24.3 Å². The monoisotopic (exact) mass is 522 g/mol. The van der Waals surface area contributed by atoms with Crippen LogP contribution in [0.25, 0.3) is 11.4 Å². The summed E-state index contributed by atoms with van der Waals surface area (Å²) in [7, 11) is 0. The molecule has 190 valence electrons. The minimum absolute atomic E-state index is 0.0513. The zero-order valence-corrected chi connectivity index (χ0v) is 20.6. The number of amides is 2. The number of hydrogen-bond acceptors (Lipinski definition) is 6. The SMILES string of the molecule is O=C(NC1CCCC1)[C@H](c1cccs1)N(C(=O)Cn1nnc(-c2ccc(F)cc2)n1)c1ccc(F)cc1. The van der Waals surface area contributed by atoms with Gasteiger partial charge < -0.3 is 5.32 Å². The molecule has 4 aromatic rings. The van der Waals surface area contributed by atoms with E-state index in [1.54, 1.807) is 6.07 Å². The van der Waals surface area contributed by atoms with Gasteiger partial charge in [-0.05, 0) is 78.0 Å². The van der Waals surface area contributed by atoms with Crippen molar-refractivity contribution in [2.24, 2.45) is 0 Å². The van der Waals surface area contributed by atoms with E-state index in [0.717, 1.165) is 30.5 Å². The van der Waals surface area contributed by atoms with E-state index >= 15 is 0 Å². The van der Waals surface area contributed by atoms with Gasteiger partial charge in [0, 0.05) is 22.2 Å². The summed E-state index contributed by atoms with van der Waals surface area (Å²) >= 11 is 1.36. The van der Waals surface area contributed by atoms with E-state index in [2.05, 4.69) is 20.7 Å². The Morgan fingerprint density at radius 3 is 2.35 bits per heavy atom.